The Morgan fingerprint density at radius 1 is 0.810 bits per heavy atom. The average molecular weight is 569 g/mol. The summed E-state index contributed by atoms with van der Waals surface area (Å²) < 4.78 is 4.80. The molecule has 0 N–H and O–H groups in total. The van der Waals surface area contributed by atoms with Gasteiger partial charge in [-0.25, -0.2) is 4.79 Å². The van der Waals surface area contributed by atoms with Gasteiger partial charge >= 0.3 is 5.97 Å². The first kappa shape index (κ1) is 27.1. The van der Waals surface area contributed by atoms with E-state index in [2.05, 4.69) is 53.6 Å². The SMILES string of the molecule is COC(=O)/C=C/c1cc(-c2nnn(C(c3ccccc3)(c3ccccc3)c3ccccc3)n2)c(Cc2ccccc2)s1. The summed E-state index contributed by atoms with van der Waals surface area (Å²) in [6.07, 6.45) is 3.89. The summed E-state index contributed by atoms with van der Waals surface area (Å²) in [6.45, 7) is 0. The van der Waals surface area contributed by atoms with Crippen molar-refractivity contribution in [1.82, 2.24) is 20.2 Å². The Balaban J connectivity index is 1.53. The normalized spacial score (nSPS) is 11.5. The van der Waals surface area contributed by atoms with Crippen molar-refractivity contribution in [3.63, 3.8) is 0 Å². The minimum Gasteiger partial charge on any atom is -0.466 e. The van der Waals surface area contributed by atoms with Gasteiger partial charge in [-0.15, -0.1) is 26.3 Å². The third-order valence-corrected chi connectivity index (χ3v) is 8.25. The van der Waals surface area contributed by atoms with Gasteiger partial charge in [0.25, 0.3) is 0 Å². The van der Waals surface area contributed by atoms with Crippen molar-refractivity contribution in [3.8, 4) is 11.4 Å². The van der Waals surface area contributed by atoms with Crippen LogP contribution >= 0.6 is 11.3 Å². The van der Waals surface area contributed by atoms with Crippen LogP contribution in [-0.2, 0) is 21.5 Å². The van der Waals surface area contributed by atoms with Crippen LogP contribution in [0.3, 0.4) is 0 Å². The molecule has 6 nitrogen and oxygen atoms in total. The minimum atomic E-state index is -0.863. The summed E-state index contributed by atoms with van der Waals surface area (Å²) in [5.41, 5.74) is 4.23. The Hall–Kier alpha value is -5.14. The standard InChI is InChI=1S/C35H28N4O2S/c1-41-33(40)23-22-30-25-31(32(42-30)24-26-14-6-2-7-15-26)34-36-38-39(37-34)35(27-16-8-3-9-17-27,28-18-10-4-11-19-28)29-20-12-5-13-21-29/h2-23,25H,24H2,1H3/b23-22+. The van der Waals surface area contributed by atoms with E-state index in [4.69, 9.17) is 15.0 Å². The fourth-order valence-corrected chi connectivity index (χ4v) is 6.30. The molecule has 0 bridgehead atoms. The van der Waals surface area contributed by atoms with Gasteiger partial charge in [0.05, 0.1) is 7.11 Å². The van der Waals surface area contributed by atoms with Gasteiger partial charge in [0, 0.05) is 27.8 Å². The molecule has 206 valence electrons. The maximum absolute atomic E-state index is 11.8. The molecular formula is C35H28N4O2S. The van der Waals surface area contributed by atoms with Crippen molar-refractivity contribution in [2.45, 2.75) is 12.0 Å². The van der Waals surface area contributed by atoms with Gasteiger partial charge in [-0.1, -0.05) is 121 Å². The minimum absolute atomic E-state index is 0.406. The number of nitrogens with zero attached hydrogens (tertiary/aromatic N) is 4. The molecule has 6 aromatic rings. The van der Waals surface area contributed by atoms with E-state index < -0.39 is 11.5 Å². The third kappa shape index (κ3) is 5.30. The van der Waals surface area contributed by atoms with E-state index in [-0.39, 0.29) is 0 Å². The van der Waals surface area contributed by atoms with E-state index >= 15 is 0 Å². The van der Waals surface area contributed by atoms with Gasteiger partial charge in [-0.05, 0) is 39.6 Å². The number of rotatable bonds is 9. The number of carbonyl (C=O) groups is 1. The lowest BCUT2D eigenvalue weighted by Gasteiger charge is -2.34. The number of carbonyl (C=O) groups excluding carboxylic acids is 1. The number of benzene rings is 4. The lowest BCUT2D eigenvalue weighted by atomic mass is 9.77. The number of hydrogen-bond acceptors (Lipinski definition) is 6. The Labute approximate surface area is 248 Å². The lowest BCUT2D eigenvalue weighted by molar-refractivity contribution is -0.134. The molecule has 0 saturated heterocycles. The second-order valence-electron chi connectivity index (χ2n) is 9.72. The maximum atomic E-state index is 11.8. The van der Waals surface area contributed by atoms with E-state index in [0.717, 1.165) is 32.0 Å². The monoisotopic (exact) mass is 568 g/mol. The summed E-state index contributed by atoms with van der Waals surface area (Å²) in [7, 11) is 1.37. The fourth-order valence-electron chi connectivity index (χ4n) is 5.20. The molecule has 4 aromatic carbocycles. The molecule has 7 heteroatoms. The number of methoxy groups -OCH3 is 1. The zero-order valence-corrected chi connectivity index (χ0v) is 23.8. The van der Waals surface area contributed by atoms with Crippen molar-refractivity contribution in [3.05, 3.63) is 165 Å². The number of tetrazole rings is 1. The Morgan fingerprint density at radius 2 is 1.33 bits per heavy atom. The van der Waals surface area contributed by atoms with Crippen LogP contribution in [0.25, 0.3) is 17.5 Å². The first-order valence-corrected chi connectivity index (χ1v) is 14.4. The van der Waals surface area contributed by atoms with E-state index in [0.29, 0.717) is 12.2 Å². The molecule has 0 atom stereocenters. The highest BCUT2D eigenvalue weighted by Crippen LogP contribution is 2.40. The van der Waals surface area contributed by atoms with Crippen LogP contribution < -0.4 is 0 Å². The Morgan fingerprint density at radius 3 is 1.86 bits per heavy atom. The Kier molecular flexibility index (Phi) is 7.83. The van der Waals surface area contributed by atoms with E-state index in [9.17, 15) is 4.79 Å². The van der Waals surface area contributed by atoms with Crippen LogP contribution in [0.4, 0.5) is 0 Å². The highest BCUT2D eigenvalue weighted by molar-refractivity contribution is 7.13. The number of hydrogen-bond donors (Lipinski definition) is 0. The van der Waals surface area contributed by atoms with Crippen LogP contribution in [0.15, 0.2) is 133 Å². The van der Waals surface area contributed by atoms with Crippen molar-refractivity contribution < 1.29 is 9.53 Å². The number of ether oxygens (including phenoxy) is 1. The predicted octanol–water partition coefficient (Wildman–Crippen LogP) is 7.02. The summed E-state index contributed by atoms with van der Waals surface area (Å²) in [5.74, 6) is 0.110. The molecule has 0 aliphatic carbocycles. The summed E-state index contributed by atoms with van der Waals surface area (Å²) in [6, 6.07) is 43.1. The molecule has 0 aliphatic rings. The number of aromatic nitrogens is 4. The van der Waals surface area contributed by atoms with E-state index in [1.807, 2.05) is 78.9 Å². The van der Waals surface area contributed by atoms with Gasteiger partial charge < -0.3 is 4.74 Å². The molecule has 6 rings (SSSR count). The smallest absolute Gasteiger partial charge is 0.330 e. The number of esters is 1. The summed E-state index contributed by atoms with van der Waals surface area (Å²) in [5, 5.41) is 14.5. The van der Waals surface area contributed by atoms with Gasteiger partial charge in [0.2, 0.25) is 5.82 Å². The van der Waals surface area contributed by atoms with Crippen LogP contribution in [0.2, 0.25) is 0 Å². The predicted molar refractivity (Wildman–Crippen MR) is 166 cm³/mol. The highest BCUT2D eigenvalue weighted by Gasteiger charge is 2.41. The van der Waals surface area contributed by atoms with E-state index in [1.54, 1.807) is 22.2 Å². The molecule has 2 aromatic heterocycles. The van der Waals surface area contributed by atoms with Gasteiger partial charge in [0.15, 0.2) is 5.54 Å². The largest absolute Gasteiger partial charge is 0.466 e. The second-order valence-corrected chi connectivity index (χ2v) is 10.9. The van der Waals surface area contributed by atoms with Crippen LogP contribution in [0.1, 0.15) is 32.0 Å². The van der Waals surface area contributed by atoms with Gasteiger partial charge in [-0.3, -0.25) is 0 Å². The molecule has 0 amide bonds. The van der Waals surface area contributed by atoms with Crippen LogP contribution in [0, 0.1) is 0 Å². The van der Waals surface area contributed by atoms with Gasteiger partial charge in [-0.2, -0.15) is 0 Å². The van der Waals surface area contributed by atoms with Crippen LogP contribution in [0.5, 0.6) is 0 Å². The molecular weight excluding hydrogens is 540 g/mol. The molecule has 0 fully saturated rings. The zero-order valence-electron chi connectivity index (χ0n) is 23.0. The lowest BCUT2D eigenvalue weighted by Crippen LogP contribution is -2.39. The van der Waals surface area contributed by atoms with Crippen molar-refractivity contribution in [2.75, 3.05) is 7.11 Å². The third-order valence-electron chi connectivity index (χ3n) is 7.15. The quantitative estimate of drug-likeness (QED) is 0.107. The fraction of sp³-hybridized carbons (Fsp3) is 0.0857. The first-order chi connectivity index (χ1) is 20.7. The molecule has 0 unspecified atom stereocenters. The van der Waals surface area contributed by atoms with Crippen molar-refractivity contribution >= 4 is 23.4 Å². The summed E-state index contributed by atoms with van der Waals surface area (Å²) in [4.78, 5) is 15.5. The molecule has 2 heterocycles. The molecule has 42 heavy (non-hydrogen) atoms. The van der Waals surface area contributed by atoms with Crippen molar-refractivity contribution in [2.24, 2.45) is 0 Å². The molecule has 0 spiro atoms. The highest BCUT2D eigenvalue weighted by atomic mass is 32.1. The van der Waals surface area contributed by atoms with Crippen molar-refractivity contribution in [1.29, 1.82) is 0 Å². The zero-order chi connectivity index (χ0) is 28.8. The average Bonchev–Trinajstić information content (AvgIpc) is 3.70. The Bertz CT molecular complexity index is 1700. The maximum Gasteiger partial charge on any atom is 0.330 e. The molecule has 0 radical (unpaired) electrons. The molecule has 0 saturated carbocycles. The van der Waals surface area contributed by atoms with E-state index in [1.165, 1.54) is 18.7 Å². The van der Waals surface area contributed by atoms with Crippen LogP contribution in [-0.4, -0.2) is 33.3 Å². The molecule has 0 aliphatic heterocycles. The van der Waals surface area contributed by atoms with Gasteiger partial charge in [0.1, 0.15) is 0 Å². The topological polar surface area (TPSA) is 69.9 Å². The first-order valence-electron chi connectivity index (χ1n) is 13.6. The second kappa shape index (κ2) is 12.2. The summed E-state index contributed by atoms with van der Waals surface area (Å²) >= 11 is 1.60. The number of thiophene rings is 1.